The van der Waals surface area contributed by atoms with Gasteiger partial charge in [0.15, 0.2) is 0 Å². The van der Waals surface area contributed by atoms with E-state index >= 15 is 0 Å². The number of carbonyl (C=O) groups excluding carboxylic acids is 2. The second kappa shape index (κ2) is 11.5. The van der Waals surface area contributed by atoms with Crippen molar-refractivity contribution in [1.82, 2.24) is 9.80 Å². The van der Waals surface area contributed by atoms with Gasteiger partial charge in [-0.1, -0.05) is 12.1 Å². The molecular formula is C24H30N2O6. The highest BCUT2D eigenvalue weighted by atomic mass is 16.5. The smallest absolute Gasteiger partial charge is 0.257 e. The van der Waals surface area contributed by atoms with E-state index in [1.165, 1.54) is 0 Å². The minimum atomic E-state index is -0.304. The van der Waals surface area contributed by atoms with Gasteiger partial charge in [-0.15, -0.1) is 0 Å². The molecule has 172 valence electrons. The van der Waals surface area contributed by atoms with Crippen LogP contribution in [0.4, 0.5) is 0 Å². The molecule has 0 spiro atoms. The van der Waals surface area contributed by atoms with Crippen molar-refractivity contribution < 1.29 is 28.5 Å². The first kappa shape index (κ1) is 23.6. The molecule has 8 nitrogen and oxygen atoms in total. The number of morpholine rings is 1. The van der Waals surface area contributed by atoms with Crippen molar-refractivity contribution >= 4 is 11.8 Å². The second-order valence-corrected chi connectivity index (χ2v) is 7.42. The molecule has 3 rings (SSSR count). The first-order valence-corrected chi connectivity index (χ1v) is 10.5. The van der Waals surface area contributed by atoms with Crippen molar-refractivity contribution in [2.75, 3.05) is 60.7 Å². The largest absolute Gasteiger partial charge is 0.497 e. The highest BCUT2D eigenvalue weighted by Crippen LogP contribution is 2.21. The van der Waals surface area contributed by atoms with E-state index in [0.29, 0.717) is 62.0 Å². The first-order chi connectivity index (χ1) is 15.6. The fourth-order valence-electron chi connectivity index (χ4n) is 3.65. The number of benzene rings is 2. The topological polar surface area (TPSA) is 77.5 Å². The summed E-state index contributed by atoms with van der Waals surface area (Å²) in [5, 5.41) is 0. The van der Waals surface area contributed by atoms with Crippen LogP contribution in [0.1, 0.15) is 20.7 Å². The lowest BCUT2D eigenvalue weighted by Gasteiger charge is -2.36. The Bertz CT molecular complexity index is 902. The maximum atomic E-state index is 13.1. The summed E-state index contributed by atoms with van der Waals surface area (Å²) in [6.07, 6.45) is -0.304. The van der Waals surface area contributed by atoms with Crippen LogP contribution in [0.15, 0.2) is 48.5 Å². The Morgan fingerprint density at radius 2 is 1.81 bits per heavy atom. The number of para-hydroxylation sites is 1. The van der Waals surface area contributed by atoms with Crippen LogP contribution in [0, 0.1) is 0 Å². The molecule has 1 fully saturated rings. The van der Waals surface area contributed by atoms with Gasteiger partial charge in [0.25, 0.3) is 11.8 Å². The Balaban J connectivity index is 1.70. The van der Waals surface area contributed by atoms with Crippen molar-refractivity contribution in [1.29, 1.82) is 0 Å². The quantitative estimate of drug-likeness (QED) is 0.593. The van der Waals surface area contributed by atoms with Gasteiger partial charge in [-0.3, -0.25) is 9.59 Å². The summed E-state index contributed by atoms with van der Waals surface area (Å²) in [7, 11) is 4.73. The van der Waals surface area contributed by atoms with E-state index in [1.807, 2.05) is 12.1 Å². The van der Waals surface area contributed by atoms with E-state index < -0.39 is 0 Å². The van der Waals surface area contributed by atoms with E-state index in [0.717, 1.165) is 0 Å². The molecule has 0 aliphatic carbocycles. The Labute approximate surface area is 188 Å². The number of methoxy groups -OCH3 is 3. The molecule has 2 amide bonds. The fourth-order valence-corrected chi connectivity index (χ4v) is 3.65. The number of ether oxygens (including phenoxy) is 4. The Morgan fingerprint density at radius 1 is 1.06 bits per heavy atom. The van der Waals surface area contributed by atoms with Crippen LogP contribution in [-0.4, -0.2) is 88.4 Å². The summed E-state index contributed by atoms with van der Waals surface area (Å²) in [5.41, 5.74) is 1.07. The van der Waals surface area contributed by atoms with Gasteiger partial charge < -0.3 is 28.7 Å². The van der Waals surface area contributed by atoms with Crippen molar-refractivity contribution in [2.24, 2.45) is 0 Å². The number of rotatable bonds is 9. The van der Waals surface area contributed by atoms with Crippen molar-refractivity contribution in [2.45, 2.75) is 6.10 Å². The lowest BCUT2D eigenvalue weighted by atomic mass is 10.1. The Hall–Kier alpha value is -3.10. The molecular weight excluding hydrogens is 412 g/mol. The van der Waals surface area contributed by atoms with E-state index in [-0.39, 0.29) is 17.9 Å². The third-order valence-electron chi connectivity index (χ3n) is 5.38. The molecule has 1 aliphatic heterocycles. The molecule has 0 aromatic heterocycles. The molecule has 1 heterocycles. The second-order valence-electron chi connectivity index (χ2n) is 7.42. The van der Waals surface area contributed by atoms with Gasteiger partial charge in [0.2, 0.25) is 0 Å². The van der Waals surface area contributed by atoms with Crippen LogP contribution in [0.2, 0.25) is 0 Å². The van der Waals surface area contributed by atoms with Crippen molar-refractivity contribution in [3.05, 3.63) is 59.7 Å². The summed E-state index contributed by atoms with van der Waals surface area (Å²) in [5.74, 6) is 0.991. The maximum absolute atomic E-state index is 13.1. The van der Waals surface area contributed by atoms with Crippen molar-refractivity contribution in [3.8, 4) is 11.5 Å². The number of hydrogen-bond donors (Lipinski definition) is 0. The van der Waals surface area contributed by atoms with Gasteiger partial charge in [-0.25, -0.2) is 0 Å². The van der Waals surface area contributed by atoms with Crippen LogP contribution >= 0.6 is 0 Å². The number of amides is 2. The van der Waals surface area contributed by atoms with E-state index in [2.05, 4.69) is 0 Å². The van der Waals surface area contributed by atoms with Gasteiger partial charge in [0.1, 0.15) is 11.5 Å². The SMILES string of the molecule is COCCN(CC1CN(C(=O)c2ccccc2OC)CCO1)C(=O)c1ccc(OC)cc1. The van der Waals surface area contributed by atoms with Crippen LogP contribution in [0.5, 0.6) is 11.5 Å². The average molecular weight is 443 g/mol. The zero-order valence-corrected chi connectivity index (χ0v) is 18.8. The third kappa shape index (κ3) is 5.77. The molecule has 0 N–H and O–H groups in total. The van der Waals surface area contributed by atoms with E-state index in [9.17, 15) is 9.59 Å². The van der Waals surface area contributed by atoms with E-state index in [1.54, 1.807) is 67.5 Å². The molecule has 8 heteroatoms. The van der Waals surface area contributed by atoms with Crippen LogP contribution in [-0.2, 0) is 9.47 Å². The van der Waals surface area contributed by atoms with Crippen molar-refractivity contribution in [3.63, 3.8) is 0 Å². The van der Waals surface area contributed by atoms with Gasteiger partial charge in [-0.2, -0.15) is 0 Å². The standard InChI is InChI=1S/C24H30N2O6/c1-29-14-12-25(23(27)18-8-10-19(30-2)11-9-18)16-20-17-26(13-15-32-20)24(28)21-6-4-5-7-22(21)31-3/h4-11,20H,12-17H2,1-3H3. The summed E-state index contributed by atoms with van der Waals surface area (Å²) in [4.78, 5) is 29.6. The third-order valence-corrected chi connectivity index (χ3v) is 5.38. The maximum Gasteiger partial charge on any atom is 0.257 e. The van der Waals surface area contributed by atoms with Crippen LogP contribution < -0.4 is 9.47 Å². The molecule has 1 saturated heterocycles. The highest BCUT2D eigenvalue weighted by molar-refractivity contribution is 5.97. The fraction of sp³-hybridized carbons (Fsp3) is 0.417. The van der Waals surface area contributed by atoms with Gasteiger partial charge in [0.05, 0.1) is 39.1 Å². The first-order valence-electron chi connectivity index (χ1n) is 10.5. The molecule has 1 atom stereocenters. The summed E-state index contributed by atoms with van der Waals surface area (Å²) >= 11 is 0. The number of nitrogens with zero attached hydrogens (tertiary/aromatic N) is 2. The molecule has 32 heavy (non-hydrogen) atoms. The van der Waals surface area contributed by atoms with Crippen LogP contribution in [0.25, 0.3) is 0 Å². The molecule has 2 aromatic carbocycles. The zero-order chi connectivity index (χ0) is 22.9. The Morgan fingerprint density at radius 3 is 2.50 bits per heavy atom. The average Bonchev–Trinajstić information content (AvgIpc) is 2.85. The minimum absolute atomic E-state index is 0.110. The van der Waals surface area contributed by atoms with Crippen LogP contribution in [0.3, 0.4) is 0 Å². The lowest BCUT2D eigenvalue weighted by molar-refractivity contribution is -0.0347. The predicted molar refractivity (Wildman–Crippen MR) is 119 cm³/mol. The molecule has 1 aliphatic rings. The zero-order valence-electron chi connectivity index (χ0n) is 18.8. The lowest BCUT2D eigenvalue weighted by Crippen LogP contribution is -2.51. The van der Waals surface area contributed by atoms with Gasteiger partial charge >= 0.3 is 0 Å². The normalized spacial score (nSPS) is 15.8. The monoisotopic (exact) mass is 442 g/mol. The summed E-state index contributed by atoms with van der Waals surface area (Å²) < 4.78 is 21.6. The molecule has 0 saturated carbocycles. The summed E-state index contributed by atoms with van der Waals surface area (Å²) in [6.45, 7) is 2.44. The molecule has 0 radical (unpaired) electrons. The number of hydrogen-bond acceptors (Lipinski definition) is 6. The van der Waals surface area contributed by atoms with E-state index in [4.69, 9.17) is 18.9 Å². The summed E-state index contributed by atoms with van der Waals surface area (Å²) in [6, 6.07) is 14.2. The van der Waals surface area contributed by atoms with Gasteiger partial charge in [-0.05, 0) is 36.4 Å². The predicted octanol–water partition coefficient (Wildman–Crippen LogP) is 2.33. The number of carbonyl (C=O) groups is 2. The minimum Gasteiger partial charge on any atom is -0.497 e. The molecule has 1 unspecified atom stereocenters. The highest BCUT2D eigenvalue weighted by Gasteiger charge is 2.29. The van der Waals surface area contributed by atoms with Gasteiger partial charge in [0, 0.05) is 38.9 Å². The Kier molecular flexibility index (Phi) is 8.47. The molecule has 2 aromatic rings. The molecule has 0 bridgehead atoms.